The van der Waals surface area contributed by atoms with Crippen molar-refractivity contribution in [1.82, 2.24) is 15.2 Å². The Morgan fingerprint density at radius 2 is 1.77 bits per heavy atom. The highest BCUT2D eigenvalue weighted by Crippen LogP contribution is 2.22. The minimum Gasteiger partial charge on any atom is -0.399 e. The number of nitrogens with zero attached hydrogens (tertiary/aromatic N) is 4. The smallest absolute Gasteiger partial charge is 0.320 e. The summed E-state index contributed by atoms with van der Waals surface area (Å²) in [5.74, 6) is 2.51. The van der Waals surface area contributed by atoms with Crippen molar-refractivity contribution in [2.45, 2.75) is 0 Å². The van der Waals surface area contributed by atoms with Crippen LogP contribution < -0.4 is 15.5 Å². The summed E-state index contributed by atoms with van der Waals surface area (Å²) in [4.78, 5) is 19.2. The summed E-state index contributed by atoms with van der Waals surface area (Å²) in [5, 5.41) is 15.8. The van der Waals surface area contributed by atoms with Crippen molar-refractivity contribution in [3.8, 4) is 0 Å². The van der Waals surface area contributed by atoms with Crippen LogP contribution in [0.2, 0.25) is 0 Å². The summed E-state index contributed by atoms with van der Waals surface area (Å²) in [6.07, 6.45) is 1.64. The topological polar surface area (TPSA) is 96.2 Å². The molecular weight excluding hydrogens is 412 g/mol. The lowest BCUT2D eigenvalue weighted by Gasteiger charge is -2.27. The molecule has 0 spiro atoms. The maximum Gasteiger partial charge on any atom is 0.320 e. The summed E-state index contributed by atoms with van der Waals surface area (Å²) in [5.41, 5.74) is 1.37. The van der Waals surface area contributed by atoms with E-state index in [9.17, 15) is 4.79 Å². The predicted molar refractivity (Wildman–Crippen MR) is 123 cm³/mol. The molecule has 0 radical (unpaired) electrons. The van der Waals surface area contributed by atoms with E-state index in [-0.39, 0.29) is 11.9 Å². The number of benzene rings is 2. The lowest BCUT2D eigenvalue weighted by atomic mass is 10.1. The highest BCUT2D eigenvalue weighted by atomic mass is 32.2. The van der Waals surface area contributed by atoms with Crippen molar-refractivity contribution in [2.75, 3.05) is 40.1 Å². The third-order valence-electron chi connectivity index (χ3n) is 4.96. The highest BCUT2D eigenvalue weighted by Gasteiger charge is 2.16. The Labute approximate surface area is 183 Å². The summed E-state index contributed by atoms with van der Waals surface area (Å²) in [6, 6.07) is 17.8. The maximum atomic E-state index is 12.5. The molecule has 0 aliphatic carbocycles. The molecule has 9 heteroatoms. The number of nitrogens with one attached hydrogen (secondary N) is 2. The molecule has 1 amide bonds. The first-order valence-electron chi connectivity index (χ1n) is 9.94. The van der Waals surface area contributed by atoms with Gasteiger partial charge in [-0.3, -0.25) is 4.79 Å². The molecule has 2 aromatic carbocycles. The van der Waals surface area contributed by atoms with E-state index in [4.69, 9.17) is 4.42 Å². The van der Waals surface area contributed by atoms with E-state index < -0.39 is 5.91 Å². The van der Waals surface area contributed by atoms with E-state index in [1.54, 1.807) is 6.20 Å². The summed E-state index contributed by atoms with van der Waals surface area (Å²) >= 11 is 1.95. The van der Waals surface area contributed by atoms with Gasteiger partial charge in [0.15, 0.2) is 0 Å². The van der Waals surface area contributed by atoms with Gasteiger partial charge in [-0.1, -0.05) is 35.4 Å². The first-order valence-corrected chi connectivity index (χ1v) is 11.1. The normalized spacial score (nSPS) is 13.9. The van der Waals surface area contributed by atoms with Crippen molar-refractivity contribution in [3.05, 3.63) is 66.7 Å². The molecule has 0 atom stereocenters. The second-order valence-corrected chi connectivity index (χ2v) is 8.28. The van der Waals surface area contributed by atoms with Crippen LogP contribution >= 0.6 is 11.8 Å². The average Bonchev–Trinajstić information content (AvgIpc) is 3.29. The predicted octanol–water partition coefficient (Wildman–Crippen LogP) is 4.17. The zero-order valence-electron chi connectivity index (χ0n) is 16.6. The number of fused-ring (bicyclic) bond motifs is 1. The van der Waals surface area contributed by atoms with E-state index in [2.05, 4.69) is 30.7 Å². The van der Waals surface area contributed by atoms with E-state index in [1.165, 1.54) is 0 Å². The SMILES string of the molecule is O=C(Nc1ccc(N2CCSCC2)nc1)c1nnc(Nc2ccc3ccccc3c2)o1. The van der Waals surface area contributed by atoms with E-state index >= 15 is 0 Å². The van der Waals surface area contributed by atoms with Gasteiger partial charge in [-0.25, -0.2) is 4.98 Å². The molecule has 1 aliphatic heterocycles. The van der Waals surface area contributed by atoms with Crippen LogP contribution in [0.1, 0.15) is 10.7 Å². The Balaban J connectivity index is 1.23. The summed E-state index contributed by atoms with van der Waals surface area (Å²) < 4.78 is 5.48. The van der Waals surface area contributed by atoms with Gasteiger partial charge in [-0.05, 0) is 35.0 Å². The molecule has 1 fully saturated rings. The van der Waals surface area contributed by atoms with E-state index in [0.29, 0.717) is 5.69 Å². The Bertz CT molecular complexity index is 1200. The van der Waals surface area contributed by atoms with Crippen LogP contribution in [0.3, 0.4) is 0 Å². The minimum absolute atomic E-state index is 0.125. The van der Waals surface area contributed by atoms with Crippen LogP contribution in [0.5, 0.6) is 0 Å². The minimum atomic E-state index is -0.483. The third kappa shape index (κ3) is 4.46. The van der Waals surface area contributed by atoms with Crippen LogP contribution in [-0.4, -0.2) is 45.7 Å². The third-order valence-corrected chi connectivity index (χ3v) is 5.90. The van der Waals surface area contributed by atoms with Gasteiger partial charge in [0.1, 0.15) is 5.82 Å². The van der Waals surface area contributed by atoms with Crippen LogP contribution in [0.4, 0.5) is 23.2 Å². The van der Waals surface area contributed by atoms with Gasteiger partial charge in [0, 0.05) is 30.3 Å². The van der Waals surface area contributed by atoms with Gasteiger partial charge in [0.05, 0.1) is 11.9 Å². The molecule has 2 aromatic heterocycles. The van der Waals surface area contributed by atoms with Crippen molar-refractivity contribution in [2.24, 2.45) is 0 Å². The Hall–Kier alpha value is -3.59. The standard InChI is InChI=1S/C22H20N6O2S/c29-20(24-18-7-8-19(23-14-18)28-9-11-31-12-10-28)21-26-27-22(30-21)25-17-6-5-15-3-1-2-4-16(15)13-17/h1-8,13-14H,9-12H2,(H,24,29)(H,25,27). The second kappa shape index (κ2) is 8.65. The number of aromatic nitrogens is 3. The van der Waals surface area contributed by atoms with Crippen molar-refractivity contribution < 1.29 is 9.21 Å². The quantitative estimate of drug-likeness (QED) is 0.485. The van der Waals surface area contributed by atoms with Gasteiger partial charge in [0.25, 0.3) is 0 Å². The number of rotatable bonds is 5. The van der Waals surface area contributed by atoms with E-state index in [0.717, 1.165) is 46.9 Å². The maximum absolute atomic E-state index is 12.5. The van der Waals surface area contributed by atoms with Crippen molar-refractivity contribution >= 4 is 51.6 Å². The van der Waals surface area contributed by atoms with Crippen LogP contribution in [-0.2, 0) is 0 Å². The lowest BCUT2D eigenvalue weighted by molar-refractivity contribution is 0.0991. The molecular formula is C22H20N6O2S. The van der Waals surface area contributed by atoms with Crippen LogP contribution in [0.15, 0.2) is 65.2 Å². The largest absolute Gasteiger partial charge is 0.399 e. The number of thioether (sulfide) groups is 1. The second-order valence-electron chi connectivity index (χ2n) is 7.06. The molecule has 0 saturated carbocycles. The fourth-order valence-corrected chi connectivity index (χ4v) is 4.28. The number of pyridine rings is 1. The van der Waals surface area contributed by atoms with Gasteiger partial charge >= 0.3 is 17.8 Å². The Morgan fingerprint density at radius 3 is 2.58 bits per heavy atom. The number of carbonyl (C=O) groups excluding carboxylic acids is 1. The zero-order valence-corrected chi connectivity index (χ0v) is 17.4. The molecule has 4 aromatic rings. The molecule has 0 unspecified atom stereocenters. The molecule has 156 valence electrons. The Kier molecular flexibility index (Phi) is 5.40. The first kappa shape index (κ1) is 19.4. The zero-order chi connectivity index (χ0) is 21.0. The number of carbonyl (C=O) groups is 1. The number of amides is 1. The number of hydrogen-bond acceptors (Lipinski definition) is 8. The van der Waals surface area contributed by atoms with Gasteiger partial charge in [0.2, 0.25) is 0 Å². The van der Waals surface area contributed by atoms with Gasteiger partial charge < -0.3 is 20.0 Å². The van der Waals surface area contributed by atoms with Gasteiger partial charge in [-0.15, -0.1) is 5.10 Å². The van der Waals surface area contributed by atoms with Gasteiger partial charge in [-0.2, -0.15) is 11.8 Å². The van der Waals surface area contributed by atoms with Crippen molar-refractivity contribution in [1.29, 1.82) is 0 Å². The molecule has 3 heterocycles. The summed E-state index contributed by atoms with van der Waals surface area (Å²) in [7, 11) is 0. The lowest BCUT2D eigenvalue weighted by Crippen LogP contribution is -2.33. The molecule has 2 N–H and O–H groups in total. The highest BCUT2D eigenvalue weighted by molar-refractivity contribution is 7.99. The van der Waals surface area contributed by atoms with Crippen LogP contribution in [0.25, 0.3) is 10.8 Å². The molecule has 1 saturated heterocycles. The first-order chi connectivity index (χ1) is 15.2. The average molecular weight is 433 g/mol. The molecule has 8 nitrogen and oxygen atoms in total. The molecule has 0 bridgehead atoms. The monoisotopic (exact) mass is 432 g/mol. The molecule has 31 heavy (non-hydrogen) atoms. The molecule has 1 aliphatic rings. The number of anilines is 4. The number of hydrogen-bond donors (Lipinski definition) is 2. The van der Waals surface area contributed by atoms with Crippen LogP contribution in [0, 0.1) is 0 Å². The fraction of sp³-hybridized carbons (Fsp3) is 0.182. The fourth-order valence-electron chi connectivity index (χ4n) is 3.38. The Morgan fingerprint density at radius 1 is 0.968 bits per heavy atom. The van der Waals surface area contributed by atoms with E-state index in [1.807, 2.05) is 66.4 Å². The molecule has 5 rings (SSSR count). The van der Waals surface area contributed by atoms with Crippen molar-refractivity contribution in [3.63, 3.8) is 0 Å². The summed E-state index contributed by atoms with van der Waals surface area (Å²) in [6.45, 7) is 1.97.